The number of aromatic nitrogens is 3. The lowest BCUT2D eigenvalue weighted by atomic mass is 10.1. The summed E-state index contributed by atoms with van der Waals surface area (Å²) in [6, 6.07) is 1.66. The van der Waals surface area contributed by atoms with Crippen molar-refractivity contribution in [3.05, 3.63) is 45.1 Å². The molecule has 3 rings (SSSR count). The van der Waals surface area contributed by atoms with Crippen LogP contribution in [0.5, 0.6) is 0 Å². The van der Waals surface area contributed by atoms with E-state index in [4.69, 9.17) is 17.0 Å². The molecule has 2 aromatic heterocycles. The molecule has 2 heterocycles. The van der Waals surface area contributed by atoms with Crippen LogP contribution < -0.4 is 5.56 Å². The minimum absolute atomic E-state index is 0.201. The predicted octanol–water partition coefficient (Wildman–Crippen LogP) is 2.30. The van der Waals surface area contributed by atoms with Gasteiger partial charge in [-0.15, -0.1) is 6.58 Å². The number of H-pyrrole nitrogens is 1. The number of hydrogen-bond donors (Lipinski definition) is 1. The summed E-state index contributed by atoms with van der Waals surface area (Å²) < 4.78 is 6.73. The molecule has 1 saturated carbocycles. The maximum absolute atomic E-state index is 12.3. The second-order valence-corrected chi connectivity index (χ2v) is 5.60. The van der Waals surface area contributed by atoms with Crippen LogP contribution in [0.2, 0.25) is 0 Å². The molecule has 22 heavy (non-hydrogen) atoms. The van der Waals surface area contributed by atoms with Gasteiger partial charge in [-0.05, 0) is 31.1 Å². The van der Waals surface area contributed by atoms with Gasteiger partial charge in [-0.25, -0.2) is 9.78 Å². The van der Waals surface area contributed by atoms with Gasteiger partial charge in [0.25, 0.3) is 5.56 Å². The Hall–Kier alpha value is -2.28. The van der Waals surface area contributed by atoms with Gasteiger partial charge in [0.1, 0.15) is 5.65 Å². The van der Waals surface area contributed by atoms with Crippen LogP contribution in [0, 0.1) is 4.77 Å². The van der Waals surface area contributed by atoms with Crippen molar-refractivity contribution in [2.24, 2.45) is 0 Å². The molecule has 0 saturated heterocycles. The van der Waals surface area contributed by atoms with Crippen molar-refractivity contribution in [2.75, 3.05) is 7.11 Å². The maximum Gasteiger partial charge on any atom is 0.338 e. The molecule has 1 fully saturated rings. The molecular formula is C15H15N3O3S. The maximum atomic E-state index is 12.3. The predicted molar refractivity (Wildman–Crippen MR) is 84.7 cm³/mol. The summed E-state index contributed by atoms with van der Waals surface area (Å²) in [5, 5.41) is 0.201. The van der Waals surface area contributed by atoms with E-state index in [0.717, 1.165) is 18.5 Å². The van der Waals surface area contributed by atoms with Crippen molar-refractivity contribution in [1.29, 1.82) is 0 Å². The van der Waals surface area contributed by atoms with E-state index in [2.05, 4.69) is 16.5 Å². The normalized spacial score (nSPS) is 14.0. The molecule has 1 N–H and O–H groups in total. The Balaban J connectivity index is 2.44. The van der Waals surface area contributed by atoms with Crippen molar-refractivity contribution in [1.82, 2.24) is 14.5 Å². The van der Waals surface area contributed by atoms with Crippen LogP contribution in [0.3, 0.4) is 0 Å². The van der Waals surface area contributed by atoms with E-state index in [-0.39, 0.29) is 15.7 Å². The molecule has 0 aromatic carbocycles. The second kappa shape index (κ2) is 5.49. The third-order valence-corrected chi connectivity index (χ3v) is 4.00. The van der Waals surface area contributed by atoms with Crippen LogP contribution in [0.25, 0.3) is 11.0 Å². The van der Waals surface area contributed by atoms with E-state index in [1.807, 2.05) is 0 Å². The van der Waals surface area contributed by atoms with E-state index in [1.54, 1.807) is 16.7 Å². The lowest BCUT2D eigenvalue weighted by Crippen LogP contribution is -2.19. The zero-order valence-electron chi connectivity index (χ0n) is 12.1. The molecule has 0 radical (unpaired) electrons. The average Bonchev–Trinajstić information content (AvgIpc) is 3.34. The number of carbonyl (C=O) groups excluding carboxylic acids is 1. The Morgan fingerprint density at radius 3 is 2.95 bits per heavy atom. The highest BCUT2D eigenvalue weighted by Gasteiger charge is 2.28. The number of aromatic amines is 1. The van der Waals surface area contributed by atoms with E-state index in [1.165, 1.54) is 7.11 Å². The highest BCUT2D eigenvalue weighted by molar-refractivity contribution is 7.71. The number of ether oxygens (including phenoxy) is 1. The molecular weight excluding hydrogens is 302 g/mol. The first-order valence-electron chi connectivity index (χ1n) is 6.93. The van der Waals surface area contributed by atoms with E-state index in [9.17, 15) is 9.59 Å². The Morgan fingerprint density at radius 1 is 1.64 bits per heavy atom. The zero-order chi connectivity index (χ0) is 15.9. The Labute approximate surface area is 131 Å². The number of methoxy groups -OCH3 is 1. The number of pyridine rings is 1. The molecule has 1 aliphatic rings. The summed E-state index contributed by atoms with van der Waals surface area (Å²) in [5.74, 6) is -0.222. The standard InChI is InChI=1S/C15H15N3O3S/c1-3-6-18-12-11(13(19)17-15(18)22)9(14(20)21-2)7-10(16-12)8-4-5-8/h3,7-8H,1,4-6H2,2H3,(H,17,19,22). The van der Waals surface area contributed by atoms with Crippen molar-refractivity contribution < 1.29 is 9.53 Å². The SMILES string of the molecule is C=CCn1c(=S)[nH]c(=O)c2c(C(=O)OC)cc(C3CC3)nc21. The summed E-state index contributed by atoms with van der Waals surface area (Å²) in [4.78, 5) is 31.5. The molecule has 2 aromatic rings. The van der Waals surface area contributed by atoms with Gasteiger partial charge in [0.15, 0.2) is 4.77 Å². The molecule has 6 nitrogen and oxygen atoms in total. The van der Waals surface area contributed by atoms with Crippen LogP contribution in [0.1, 0.15) is 34.8 Å². The Morgan fingerprint density at radius 2 is 2.36 bits per heavy atom. The number of rotatable bonds is 4. The van der Waals surface area contributed by atoms with Crippen LogP contribution >= 0.6 is 12.2 Å². The van der Waals surface area contributed by atoms with Crippen LogP contribution in [-0.2, 0) is 11.3 Å². The number of carbonyl (C=O) groups is 1. The zero-order valence-corrected chi connectivity index (χ0v) is 12.9. The Bertz CT molecular complexity index is 893. The molecule has 0 aliphatic heterocycles. The van der Waals surface area contributed by atoms with Gasteiger partial charge in [0.05, 0.1) is 18.1 Å². The number of allylic oxidation sites excluding steroid dienone is 1. The van der Waals surface area contributed by atoms with Gasteiger partial charge in [0, 0.05) is 18.2 Å². The van der Waals surface area contributed by atoms with Gasteiger partial charge < -0.3 is 4.74 Å². The van der Waals surface area contributed by atoms with Crippen LogP contribution in [0.15, 0.2) is 23.5 Å². The molecule has 7 heteroatoms. The average molecular weight is 317 g/mol. The summed E-state index contributed by atoms with van der Waals surface area (Å²) in [5.41, 5.74) is 0.989. The number of nitrogens with zero attached hydrogens (tertiary/aromatic N) is 2. The van der Waals surface area contributed by atoms with E-state index < -0.39 is 11.5 Å². The molecule has 0 spiro atoms. The number of nitrogens with one attached hydrogen (secondary N) is 1. The topological polar surface area (TPSA) is 77.0 Å². The summed E-state index contributed by atoms with van der Waals surface area (Å²) in [6.07, 6.45) is 3.73. The minimum Gasteiger partial charge on any atom is -0.465 e. The quantitative estimate of drug-likeness (QED) is 0.532. The van der Waals surface area contributed by atoms with Crippen molar-refractivity contribution >= 4 is 29.2 Å². The number of esters is 1. The fourth-order valence-corrected chi connectivity index (χ4v) is 2.70. The number of fused-ring (bicyclic) bond motifs is 1. The lowest BCUT2D eigenvalue weighted by molar-refractivity contribution is 0.0602. The third kappa shape index (κ3) is 2.37. The van der Waals surface area contributed by atoms with Crippen molar-refractivity contribution in [3.63, 3.8) is 0 Å². The third-order valence-electron chi connectivity index (χ3n) is 3.68. The first-order valence-corrected chi connectivity index (χ1v) is 7.34. The van der Waals surface area contributed by atoms with Crippen molar-refractivity contribution in [3.8, 4) is 0 Å². The molecule has 0 bridgehead atoms. The molecule has 114 valence electrons. The summed E-state index contributed by atoms with van der Waals surface area (Å²) in [7, 11) is 1.29. The first-order chi connectivity index (χ1) is 10.6. The fourth-order valence-electron chi connectivity index (χ4n) is 2.45. The highest BCUT2D eigenvalue weighted by Crippen LogP contribution is 2.40. The monoisotopic (exact) mass is 317 g/mol. The van der Waals surface area contributed by atoms with Crippen LogP contribution in [0.4, 0.5) is 0 Å². The Kier molecular flexibility index (Phi) is 3.66. The van der Waals surface area contributed by atoms with Crippen molar-refractivity contribution in [2.45, 2.75) is 25.3 Å². The smallest absolute Gasteiger partial charge is 0.338 e. The lowest BCUT2D eigenvalue weighted by Gasteiger charge is -2.12. The minimum atomic E-state index is -0.554. The first kappa shape index (κ1) is 14.6. The van der Waals surface area contributed by atoms with Crippen LogP contribution in [-0.4, -0.2) is 27.6 Å². The summed E-state index contributed by atoms with van der Waals surface area (Å²) in [6.45, 7) is 4.09. The number of hydrogen-bond acceptors (Lipinski definition) is 5. The second-order valence-electron chi connectivity index (χ2n) is 5.22. The molecule has 0 atom stereocenters. The van der Waals surface area contributed by atoms with E-state index >= 15 is 0 Å². The van der Waals surface area contributed by atoms with Gasteiger partial charge in [0.2, 0.25) is 0 Å². The molecule has 0 unspecified atom stereocenters. The van der Waals surface area contributed by atoms with Gasteiger partial charge in [-0.3, -0.25) is 14.3 Å². The summed E-state index contributed by atoms with van der Waals surface area (Å²) >= 11 is 5.20. The van der Waals surface area contributed by atoms with Gasteiger partial charge in [-0.1, -0.05) is 6.08 Å². The fraction of sp³-hybridized carbons (Fsp3) is 0.333. The van der Waals surface area contributed by atoms with Gasteiger partial charge in [-0.2, -0.15) is 0 Å². The molecule has 0 amide bonds. The van der Waals surface area contributed by atoms with Gasteiger partial charge >= 0.3 is 5.97 Å². The largest absolute Gasteiger partial charge is 0.465 e. The highest BCUT2D eigenvalue weighted by atomic mass is 32.1. The molecule has 1 aliphatic carbocycles. The van der Waals surface area contributed by atoms with E-state index in [0.29, 0.717) is 18.1 Å².